The lowest BCUT2D eigenvalue weighted by atomic mass is 10.1. The summed E-state index contributed by atoms with van der Waals surface area (Å²) >= 11 is 5.97. The summed E-state index contributed by atoms with van der Waals surface area (Å²) in [4.78, 5) is 0. The fourth-order valence-corrected chi connectivity index (χ4v) is 1.94. The monoisotopic (exact) mass is 271 g/mol. The van der Waals surface area contributed by atoms with E-state index in [2.05, 4.69) is 5.32 Å². The molecule has 0 saturated heterocycles. The number of anilines is 1. The van der Waals surface area contributed by atoms with Gasteiger partial charge < -0.3 is 11.1 Å². The van der Waals surface area contributed by atoms with Crippen LogP contribution >= 0.6 is 11.6 Å². The molecule has 0 aromatic heterocycles. The van der Waals surface area contributed by atoms with Gasteiger partial charge in [-0.1, -0.05) is 35.9 Å². The van der Waals surface area contributed by atoms with Crippen molar-refractivity contribution in [3.05, 3.63) is 64.2 Å². The highest BCUT2D eigenvalue weighted by atomic mass is 35.5. The fourth-order valence-electron chi connectivity index (χ4n) is 1.71. The summed E-state index contributed by atoms with van der Waals surface area (Å²) in [6.07, 6.45) is 0. The molecule has 0 spiro atoms. The number of nitrogens with zero attached hydrogens (tertiary/aromatic N) is 1. The van der Waals surface area contributed by atoms with Crippen LogP contribution in [-0.4, -0.2) is 0 Å². The van der Waals surface area contributed by atoms with Crippen LogP contribution in [0.15, 0.2) is 42.5 Å². The third kappa shape index (κ3) is 3.47. The van der Waals surface area contributed by atoms with Crippen LogP contribution in [0.3, 0.4) is 0 Å². The molecule has 0 atom stereocenters. The molecule has 0 radical (unpaired) electrons. The van der Waals surface area contributed by atoms with Crippen LogP contribution in [0.1, 0.15) is 16.7 Å². The van der Waals surface area contributed by atoms with Crippen LogP contribution in [0.25, 0.3) is 0 Å². The molecule has 0 aliphatic rings. The van der Waals surface area contributed by atoms with Crippen molar-refractivity contribution in [1.29, 1.82) is 5.26 Å². The Bertz CT molecular complexity index is 600. The lowest BCUT2D eigenvalue weighted by molar-refractivity contribution is 1.06. The Morgan fingerprint density at radius 1 is 1.11 bits per heavy atom. The van der Waals surface area contributed by atoms with Gasteiger partial charge in [0.05, 0.1) is 10.6 Å². The van der Waals surface area contributed by atoms with Gasteiger partial charge in [-0.25, -0.2) is 0 Å². The number of halogens is 1. The standard InChI is InChI=1S/C15H14ClN3/c16-15-7-14(6-5-13(15)9-18)19-10-12-3-1-11(8-17)2-4-12/h1-7,19H,8,10,17H2. The number of nitrogens with two attached hydrogens (primary N) is 1. The highest BCUT2D eigenvalue weighted by molar-refractivity contribution is 6.32. The second kappa shape index (κ2) is 6.24. The molecule has 3 nitrogen and oxygen atoms in total. The van der Waals surface area contributed by atoms with Gasteiger partial charge in [-0.2, -0.15) is 5.26 Å². The lowest BCUT2D eigenvalue weighted by Gasteiger charge is -2.08. The first-order chi connectivity index (χ1) is 9.22. The molecule has 0 fully saturated rings. The second-order valence-electron chi connectivity index (χ2n) is 4.18. The zero-order valence-electron chi connectivity index (χ0n) is 10.4. The van der Waals surface area contributed by atoms with E-state index < -0.39 is 0 Å². The van der Waals surface area contributed by atoms with E-state index >= 15 is 0 Å². The third-order valence-electron chi connectivity index (χ3n) is 2.84. The SMILES string of the molecule is N#Cc1ccc(NCc2ccc(CN)cc2)cc1Cl. The van der Waals surface area contributed by atoms with Crippen molar-refractivity contribution >= 4 is 17.3 Å². The summed E-state index contributed by atoms with van der Waals surface area (Å²) < 4.78 is 0. The molecule has 0 amide bonds. The van der Waals surface area contributed by atoms with Gasteiger partial charge >= 0.3 is 0 Å². The van der Waals surface area contributed by atoms with Crippen LogP contribution < -0.4 is 11.1 Å². The Hall–Kier alpha value is -2.02. The summed E-state index contributed by atoms with van der Waals surface area (Å²) in [6.45, 7) is 1.26. The maximum absolute atomic E-state index is 8.80. The van der Waals surface area contributed by atoms with Gasteiger partial charge in [0.1, 0.15) is 6.07 Å². The number of nitrogens with one attached hydrogen (secondary N) is 1. The molecule has 3 N–H and O–H groups in total. The normalized spacial score (nSPS) is 9.95. The van der Waals surface area contributed by atoms with Crippen molar-refractivity contribution < 1.29 is 0 Å². The predicted octanol–water partition coefficient (Wildman–Crippen LogP) is 3.28. The molecule has 0 unspecified atom stereocenters. The summed E-state index contributed by atoms with van der Waals surface area (Å²) in [6, 6.07) is 15.5. The average molecular weight is 272 g/mol. The van der Waals surface area contributed by atoms with Crippen LogP contribution in [0, 0.1) is 11.3 Å². The van der Waals surface area contributed by atoms with Crippen LogP contribution in [0.2, 0.25) is 5.02 Å². The number of hydrogen-bond acceptors (Lipinski definition) is 3. The minimum absolute atomic E-state index is 0.464. The molecular formula is C15H14ClN3. The van der Waals surface area contributed by atoms with Gasteiger partial charge in [0, 0.05) is 18.8 Å². The Balaban J connectivity index is 2.02. The minimum Gasteiger partial charge on any atom is -0.381 e. The van der Waals surface area contributed by atoms with Crippen molar-refractivity contribution in [2.75, 3.05) is 5.32 Å². The van der Waals surface area contributed by atoms with Crippen LogP contribution in [-0.2, 0) is 13.1 Å². The maximum atomic E-state index is 8.80. The van der Waals surface area contributed by atoms with Gasteiger partial charge in [-0.3, -0.25) is 0 Å². The second-order valence-corrected chi connectivity index (χ2v) is 4.59. The van der Waals surface area contributed by atoms with Crippen molar-refractivity contribution in [3.63, 3.8) is 0 Å². The van der Waals surface area contributed by atoms with Gasteiger partial charge in [-0.05, 0) is 29.3 Å². The molecule has 0 aliphatic carbocycles. The Labute approximate surface area is 117 Å². The molecule has 0 aliphatic heterocycles. The lowest BCUT2D eigenvalue weighted by Crippen LogP contribution is -2.01. The van der Waals surface area contributed by atoms with Gasteiger partial charge in [0.15, 0.2) is 0 Å². The Kier molecular flexibility index (Phi) is 4.40. The van der Waals surface area contributed by atoms with Gasteiger partial charge in [0.25, 0.3) is 0 Å². The number of benzene rings is 2. The quantitative estimate of drug-likeness (QED) is 0.897. The number of hydrogen-bond donors (Lipinski definition) is 2. The molecule has 0 bridgehead atoms. The van der Waals surface area contributed by atoms with Crippen molar-refractivity contribution in [3.8, 4) is 6.07 Å². The fraction of sp³-hybridized carbons (Fsp3) is 0.133. The summed E-state index contributed by atoms with van der Waals surface area (Å²) in [7, 11) is 0. The van der Waals surface area contributed by atoms with E-state index in [1.54, 1.807) is 12.1 Å². The summed E-state index contributed by atoms with van der Waals surface area (Å²) in [5, 5.41) is 12.5. The van der Waals surface area contributed by atoms with E-state index in [1.807, 2.05) is 36.4 Å². The van der Waals surface area contributed by atoms with E-state index in [0.717, 1.165) is 16.8 Å². The zero-order valence-corrected chi connectivity index (χ0v) is 11.1. The van der Waals surface area contributed by atoms with Crippen molar-refractivity contribution in [2.45, 2.75) is 13.1 Å². The first-order valence-corrected chi connectivity index (χ1v) is 6.32. The predicted molar refractivity (Wildman–Crippen MR) is 77.8 cm³/mol. The Morgan fingerprint density at radius 3 is 2.37 bits per heavy atom. The van der Waals surface area contributed by atoms with E-state index in [9.17, 15) is 0 Å². The molecule has 4 heteroatoms. The largest absolute Gasteiger partial charge is 0.381 e. The van der Waals surface area contributed by atoms with E-state index in [4.69, 9.17) is 22.6 Å². The highest BCUT2D eigenvalue weighted by Gasteiger charge is 2.01. The topological polar surface area (TPSA) is 61.8 Å². The van der Waals surface area contributed by atoms with Crippen molar-refractivity contribution in [1.82, 2.24) is 0 Å². The summed E-state index contributed by atoms with van der Waals surface area (Å²) in [5.41, 5.74) is 9.21. The number of nitriles is 1. The third-order valence-corrected chi connectivity index (χ3v) is 3.16. The molecule has 96 valence electrons. The van der Waals surface area contributed by atoms with Crippen LogP contribution in [0.5, 0.6) is 0 Å². The highest BCUT2D eigenvalue weighted by Crippen LogP contribution is 2.20. The number of rotatable bonds is 4. The smallest absolute Gasteiger partial charge is 0.101 e. The summed E-state index contributed by atoms with van der Waals surface area (Å²) in [5.74, 6) is 0. The van der Waals surface area contributed by atoms with E-state index in [-0.39, 0.29) is 0 Å². The first-order valence-electron chi connectivity index (χ1n) is 5.94. The Morgan fingerprint density at radius 2 is 1.79 bits per heavy atom. The minimum atomic E-state index is 0.464. The molecular weight excluding hydrogens is 258 g/mol. The van der Waals surface area contributed by atoms with Crippen LogP contribution in [0.4, 0.5) is 5.69 Å². The first kappa shape index (κ1) is 13.4. The molecule has 2 aromatic carbocycles. The maximum Gasteiger partial charge on any atom is 0.101 e. The molecule has 2 rings (SSSR count). The zero-order chi connectivity index (χ0) is 13.7. The van der Waals surface area contributed by atoms with Gasteiger partial charge in [0.2, 0.25) is 0 Å². The van der Waals surface area contributed by atoms with Gasteiger partial charge in [-0.15, -0.1) is 0 Å². The van der Waals surface area contributed by atoms with Crippen molar-refractivity contribution in [2.24, 2.45) is 5.73 Å². The average Bonchev–Trinajstić information content (AvgIpc) is 2.46. The van der Waals surface area contributed by atoms with E-state index in [0.29, 0.717) is 23.7 Å². The molecule has 2 aromatic rings. The van der Waals surface area contributed by atoms with E-state index in [1.165, 1.54) is 0 Å². The molecule has 19 heavy (non-hydrogen) atoms. The molecule has 0 saturated carbocycles. The molecule has 0 heterocycles.